The molecule has 0 bridgehead atoms. The quantitative estimate of drug-likeness (QED) is 0.760. The summed E-state index contributed by atoms with van der Waals surface area (Å²) >= 11 is 3.15. The third-order valence-corrected chi connectivity index (χ3v) is 4.48. The van der Waals surface area contributed by atoms with Crippen molar-refractivity contribution in [3.8, 4) is 11.1 Å². The van der Waals surface area contributed by atoms with E-state index in [-0.39, 0.29) is 0 Å². The lowest BCUT2D eigenvalue weighted by molar-refractivity contribution is 1.21. The Bertz CT molecular complexity index is 645. The van der Waals surface area contributed by atoms with E-state index in [1.165, 1.54) is 16.4 Å². The van der Waals surface area contributed by atoms with E-state index in [0.717, 1.165) is 22.7 Å². The van der Waals surface area contributed by atoms with Crippen molar-refractivity contribution in [1.82, 2.24) is 4.37 Å². The number of thiophene rings is 1. The number of nitrogens with one attached hydrogen (secondary N) is 1. The van der Waals surface area contributed by atoms with E-state index in [4.69, 9.17) is 5.73 Å². The summed E-state index contributed by atoms with van der Waals surface area (Å²) in [6.07, 6.45) is 0. The van der Waals surface area contributed by atoms with Crippen molar-refractivity contribution >= 4 is 33.7 Å². The molecule has 0 atom stereocenters. The van der Waals surface area contributed by atoms with Crippen LogP contribution in [0.1, 0.15) is 4.88 Å². The molecule has 0 aliphatic rings. The molecule has 96 valence electrons. The number of benzene rings is 1. The molecule has 0 unspecified atom stereocenters. The maximum Gasteiger partial charge on any atom is 0.147 e. The van der Waals surface area contributed by atoms with Gasteiger partial charge in [0.15, 0.2) is 0 Å². The highest BCUT2D eigenvalue weighted by molar-refractivity contribution is 7.11. The Morgan fingerprint density at radius 1 is 1.11 bits per heavy atom. The minimum Gasteiger partial charge on any atom is -0.382 e. The van der Waals surface area contributed by atoms with Gasteiger partial charge in [0.2, 0.25) is 0 Å². The molecule has 0 saturated heterocycles. The smallest absolute Gasteiger partial charge is 0.147 e. The summed E-state index contributed by atoms with van der Waals surface area (Å²) in [6.45, 7) is 0.805. The molecule has 19 heavy (non-hydrogen) atoms. The second kappa shape index (κ2) is 5.42. The monoisotopic (exact) mass is 287 g/mol. The van der Waals surface area contributed by atoms with Crippen molar-refractivity contribution in [3.05, 3.63) is 52.7 Å². The lowest BCUT2D eigenvalue weighted by Crippen LogP contribution is -1.97. The molecule has 5 heteroatoms. The van der Waals surface area contributed by atoms with Crippen LogP contribution in [0.5, 0.6) is 0 Å². The van der Waals surface area contributed by atoms with Gasteiger partial charge in [-0.3, -0.25) is 0 Å². The van der Waals surface area contributed by atoms with Crippen molar-refractivity contribution in [2.75, 3.05) is 11.1 Å². The van der Waals surface area contributed by atoms with Crippen molar-refractivity contribution in [3.63, 3.8) is 0 Å². The second-order valence-corrected chi connectivity index (χ2v) is 5.88. The Balaban J connectivity index is 1.87. The van der Waals surface area contributed by atoms with Crippen LogP contribution in [0.25, 0.3) is 11.1 Å². The zero-order valence-electron chi connectivity index (χ0n) is 10.2. The summed E-state index contributed by atoms with van der Waals surface area (Å²) in [5.41, 5.74) is 8.09. The number of nitrogens with zero attached hydrogens (tertiary/aromatic N) is 1. The Labute approximate surface area is 119 Å². The van der Waals surface area contributed by atoms with E-state index in [9.17, 15) is 0 Å². The van der Waals surface area contributed by atoms with Gasteiger partial charge in [-0.1, -0.05) is 36.4 Å². The Morgan fingerprint density at radius 3 is 2.68 bits per heavy atom. The summed E-state index contributed by atoms with van der Waals surface area (Å²) in [7, 11) is 0. The van der Waals surface area contributed by atoms with Gasteiger partial charge in [0.1, 0.15) is 10.8 Å². The van der Waals surface area contributed by atoms with Crippen LogP contribution in [0.2, 0.25) is 0 Å². The number of aromatic nitrogens is 1. The van der Waals surface area contributed by atoms with Crippen LogP contribution in [-0.2, 0) is 6.54 Å². The molecule has 3 N–H and O–H groups in total. The van der Waals surface area contributed by atoms with E-state index >= 15 is 0 Å². The van der Waals surface area contributed by atoms with Crippen molar-refractivity contribution in [2.24, 2.45) is 0 Å². The maximum atomic E-state index is 5.98. The predicted octanol–water partition coefficient (Wildman–Crippen LogP) is 4.07. The van der Waals surface area contributed by atoms with E-state index < -0.39 is 0 Å². The fraction of sp³-hybridized carbons (Fsp3) is 0.0714. The minimum absolute atomic E-state index is 0.588. The second-order valence-electron chi connectivity index (χ2n) is 4.07. The SMILES string of the molecule is Nc1nsc(NCc2cccs2)c1-c1ccccc1. The summed E-state index contributed by atoms with van der Waals surface area (Å²) < 4.78 is 4.25. The molecule has 3 nitrogen and oxygen atoms in total. The fourth-order valence-corrected chi connectivity index (χ4v) is 3.26. The van der Waals surface area contributed by atoms with Crippen LogP contribution in [0.15, 0.2) is 47.8 Å². The zero-order valence-corrected chi connectivity index (χ0v) is 11.8. The highest BCUT2D eigenvalue weighted by Gasteiger charge is 2.13. The standard InChI is InChI=1S/C14H13N3S2/c15-13-12(10-5-2-1-3-6-10)14(19-17-13)16-9-11-7-4-8-18-11/h1-8,16H,9H2,(H2,15,17). The maximum absolute atomic E-state index is 5.98. The number of hydrogen-bond donors (Lipinski definition) is 2. The van der Waals surface area contributed by atoms with Crippen LogP contribution in [0, 0.1) is 0 Å². The molecule has 3 aromatic rings. The summed E-state index contributed by atoms with van der Waals surface area (Å²) in [5.74, 6) is 0.588. The molecule has 0 saturated carbocycles. The molecular weight excluding hydrogens is 274 g/mol. The van der Waals surface area contributed by atoms with Crippen molar-refractivity contribution in [2.45, 2.75) is 6.54 Å². The van der Waals surface area contributed by atoms with Gasteiger partial charge in [0, 0.05) is 4.88 Å². The first-order chi connectivity index (χ1) is 9.34. The van der Waals surface area contributed by atoms with Crippen LogP contribution >= 0.6 is 22.9 Å². The Morgan fingerprint density at radius 2 is 1.95 bits per heavy atom. The first kappa shape index (κ1) is 12.2. The lowest BCUT2D eigenvalue weighted by Gasteiger charge is -2.06. The largest absolute Gasteiger partial charge is 0.382 e. The Hall–Kier alpha value is -1.85. The molecule has 0 spiro atoms. The molecule has 0 aliphatic carbocycles. The molecule has 1 aromatic carbocycles. The number of hydrogen-bond acceptors (Lipinski definition) is 5. The number of nitrogens with two attached hydrogens (primary N) is 1. The highest BCUT2D eigenvalue weighted by Crippen LogP contribution is 2.36. The van der Waals surface area contributed by atoms with Gasteiger partial charge in [-0.05, 0) is 28.5 Å². The fourth-order valence-electron chi connectivity index (χ4n) is 1.89. The molecule has 0 aliphatic heterocycles. The van der Waals surface area contributed by atoms with E-state index in [0.29, 0.717) is 5.82 Å². The predicted molar refractivity (Wildman–Crippen MR) is 83.6 cm³/mol. The van der Waals surface area contributed by atoms with Crippen molar-refractivity contribution < 1.29 is 0 Å². The minimum atomic E-state index is 0.588. The Kier molecular flexibility index (Phi) is 3.48. The van der Waals surface area contributed by atoms with Gasteiger partial charge < -0.3 is 11.1 Å². The normalized spacial score (nSPS) is 10.5. The topological polar surface area (TPSA) is 50.9 Å². The average molecular weight is 287 g/mol. The van der Waals surface area contributed by atoms with Crippen LogP contribution < -0.4 is 11.1 Å². The van der Waals surface area contributed by atoms with Crippen LogP contribution in [-0.4, -0.2) is 4.37 Å². The average Bonchev–Trinajstić information content (AvgIpc) is 3.07. The summed E-state index contributed by atoms with van der Waals surface area (Å²) in [5, 5.41) is 6.53. The summed E-state index contributed by atoms with van der Waals surface area (Å²) in [6, 6.07) is 14.3. The third-order valence-electron chi connectivity index (χ3n) is 2.78. The summed E-state index contributed by atoms with van der Waals surface area (Å²) in [4.78, 5) is 1.30. The number of rotatable bonds is 4. The van der Waals surface area contributed by atoms with E-state index in [1.54, 1.807) is 11.3 Å². The molecule has 0 fully saturated rings. The number of nitrogen functional groups attached to an aromatic ring is 1. The molecular formula is C14H13N3S2. The lowest BCUT2D eigenvalue weighted by atomic mass is 10.1. The molecule has 3 rings (SSSR count). The van der Waals surface area contributed by atoms with Gasteiger partial charge in [-0.2, -0.15) is 4.37 Å². The van der Waals surface area contributed by atoms with Gasteiger partial charge >= 0.3 is 0 Å². The van der Waals surface area contributed by atoms with Gasteiger partial charge in [0.05, 0.1) is 12.1 Å². The van der Waals surface area contributed by atoms with Gasteiger partial charge in [-0.25, -0.2) is 0 Å². The zero-order chi connectivity index (χ0) is 13.1. The van der Waals surface area contributed by atoms with E-state index in [1.807, 2.05) is 18.2 Å². The highest BCUT2D eigenvalue weighted by atomic mass is 32.1. The molecule has 2 aromatic heterocycles. The van der Waals surface area contributed by atoms with Gasteiger partial charge in [0.25, 0.3) is 0 Å². The van der Waals surface area contributed by atoms with Gasteiger partial charge in [-0.15, -0.1) is 11.3 Å². The van der Waals surface area contributed by atoms with Crippen molar-refractivity contribution in [1.29, 1.82) is 0 Å². The molecule has 2 heterocycles. The van der Waals surface area contributed by atoms with Crippen LogP contribution in [0.4, 0.5) is 10.8 Å². The first-order valence-corrected chi connectivity index (χ1v) is 7.56. The van der Waals surface area contributed by atoms with Crippen LogP contribution in [0.3, 0.4) is 0 Å². The third kappa shape index (κ3) is 2.62. The first-order valence-electron chi connectivity index (χ1n) is 5.91. The molecule has 0 radical (unpaired) electrons. The molecule has 0 amide bonds. The van der Waals surface area contributed by atoms with E-state index in [2.05, 4.69) is 39.3 Å². The number of anilines is 2.